The molecule has 1 amide bonds. The number of nitrogens with zero attached hydrogens (tertiary/aromatic N) is 3. The topological polar surface area (TPSA) is 68.5 Å². The Labute approximate surface area is 168 Å². The van der Waals surface area contributed by atoms with Crippen LogP contribution in [-0.2, 0) is 0 Å². The standard InChI is InChI=1S/C21H20ClN3O3/c1-27-17-6-4-5-15(13-17)19-23-20(28-24-19)18-7-2-3-12-25(18)21(26)14-8-10-16(22)11-9-14/h4-6,8-11,13,18H,2-3,7,12H2,1H3/t18-/m0/s1. The van der Waals surface area contributed by atoms with E-state index < -0.39 is 0 Å². The number of carbonyl (C=O) groups excluding carboxylic acids is 1. The number of amides is 1. The zero-order valence-corrected chi connectivity index (χ0v) is 16.2. The van der Waals surface area contributed by atoms with Crippen LogP contribution in [0.15, 0.2) is 53.1 Å². The number of carbonyl (C=O) groups is 1. The molecule has 2 aromatic carbocycles. The summed E-state index contributed by atoms with van der Waals surface area (Å²) in [5.74, 6) is 1.61. The molecule has 0 saturated carbocycles. The van der Waals surface area contributed by atoms with Crippen molar-refractivity contribution in [2.75, 3.05) is 13.7 Å². The van der Waals surface area contributed by atoms with Crippen LogP contribution in [0, 0.1) is 0 Å². The maximum atomic E-state index is 13.0. The van der Waals surface area contributed by atoms with E-state index in [2.05, 4.69) is 10.1 Å². The van der Waals surface area contributed by atoms with Gasteiger partial charge in [0.25, 0.3) is 5.91 Å². The van der Waals surface area contributed by atoms with Gasteiger partial charge in [0.2, 0.25) is 11.7 Å². The number of piperidine rings is 1. The summed E-state index contributed by atoms with van der Waals surface area (Å²) in [7, 11) is 1.61. The van der Waals surface area contributed by atoms with E-state index in [0.717, 1.165) is 30.6 Å². The van der Waals surface area contributed by atoms with E-state index in [-0.39, 0.29) is 11.9 Å². The minimum absolute atomic E-state index is 0.0532. The van der Waals surface area contributed by atoms with E-state index in [4.69, 9.17) is 20.9 Å². The molecule has 1 fully saturated rings. The minimum Gasteiger partial charge on any atom is -0.497 e. The summed E-state index contributed by atoms with van der Waals surface area (Å²) in [4.78, 5) is 19.4. The number of hydrogen-bond donors (Lipinski definition) is 0. The molecular formula is C21H20ClN3O3. The van der Waals surface area contributed by atoms with Gasteiger partial charge >= 0.3 is 0 Å². The fourth-order valence-electron chi connectivity index (χ4n) is 3.44. The van der Waals surface area contributed by atoms with E-state index in [9.17, 15) is 4.79 Å². The lowest BCUT2D eigenvalue weighted by atomic mass is 10.0. The Morgan fingerprint density at radius 1 is 1.21 bits per heavy atom. The molecule has 6 nitrogen and oxygen atoms in total. The second-order valence-electron chi connectivity index (χ2n) is 6.71. The van der Waals surface area contributed by atoms with Gasteiger partial charge in [0, 0.05) is 22.7 Å². The molecule has 0 N–H and O–H groups in total. The average Bonchev–Trinajstić information content (AvgIpc) is 3.24. The molecule has 144 valence electrons. The number of methoxy groups -OCH3 is 1. The summed E-state index contributed by atoms with van der Waals surface area (Å²) in [6.45, 7) is 0.656. The molecular weight excluding hydrogens is 378 g/mol. The summed E-state index contributed by atoms with van der Waals surface area (Å²) in [6, 6.07) is 14.2. The van der Waals surface area contributed by atoms with Crippen molar-refractivity contribution in [1.29, 1.82) is 0 Å². The number of ether oxygens (including phenoxy) is 1. The first-order valence-electron chi connectivity index (χ1n) is 9.20. The molecule has 1 aliphatic heterocycles. The molecule has 1 aromatic heterocycles. The van der Waals surface area contributed by atoms with Crippen LogP contribution < -0.4 is 4.74 Å². The van der Waals surface area contributed by atoms with E-state index in [1.165, 1.54) is 0 Å². The summed E-state index contributed by atoms with van der Waals surface area (Å²) in [5, 5.41) is 4.72. The molecule has 0 bridgehead atoms. The van der Waals surface area contributed by atoms with Crippen molar-refractivity contribution in [3.05, 3.63) is 65.0 Å². The highest BCUT2D eigenvalue weighted by molar-refractivity contribution is 6.30. The van der Waals surface area contributed by atoms with Crippen LogP contribution in [0.1, 0.15) is 41.6 Å². The van der Waals surface area contributed by atoms with Crippen molar-refractivity contribution in [1.82, 2.24) is 15.0 Å². The molecule has 0 aliphatic carbocycles. The van der Waals surface area contributed by atoms with Gasteiger partial charge < -0.3 is 14.2 Å². The van der Waals surface area contributed by atoms with E-state index >= 15 is 0 Å². The highest BCUT2D eigenvalue weighted by Gasteiger charge is 2.32. The zero-order valence-electron chi connectivity index (χ0n) is 15.5. The second kappa shape index (κ2) is 8.02. The maximum absolute atomic E-state index is 13.0. The van der Waals surface area contributed by atoms with Crippen LogP contribution in [0.3, 0.4) is 0 Å². The van der Waals surface area contributed by atoms with Crippen molar-refractivity contribution in [3.8, 4) is 17.1 Å². The van der Waals surface area contributed by atoms with Gasteiger partial charge in [-0.1, -0.05) is 28.9 Å². The first-order valence-corrected chi connectivity index (χ1v) is 9.58. The molecule has 4 rings (SSSR count). The van der Waals surface area contributed by atoms with Crippen LogP contribution in [0.5, 0.6) is 5.75 Å². The third kappa shape index (κ3) is 3.73. The number of rotatable bonds is 4. The number of benzene rings is 2. The summed E-state index contributed by atoms with van der Waals surface area (Å²) >= 11 is 5.94. The lowest BCUT2D eigenvalue weighted by molar-refractivity contribution is 0.0561. The molecule has 7 heteroatoms. The van der Waals surface area contributed by atoms with Crippen LogP contribution in [0.2, 0.25) is 5.02 Å². The SMILES string of the molecule is COc1cccc(-c2noc([C@@H]3CCCCN3C(=O)c3ccc(Cl)cc3)n2)c1. The van der Waals surface area contributed by atoms with Gasteiger partial charge in [-0.2, -0.15) is 4.98 Å². The first kappa shape index (κ1) is 18.5. The van der Waals surface area contributed by atoms with E-state index in [0.29, 0.717) is 28.8 Å². The molecule has 1 atom stereocenters. The van der Waals surface area contributed by atoms with Crippen LogP contribution in [0.4, 0.5) is 0 Å². The van der Waals surface area contributed by atoms with Crippen molar-refractivity contribution < 1.29 is 14.1 Å². The third-order valence-electron chi connectivity index (χ3n) is 4.91. The van der Waals surface area contributed by atoms with Gasteiger partial charge in [-0.25, -0.2) is 0 Å². The maximum Gasteiger partial charge on any atom is 0.254 e. The zero-order chi connectivity index (χ0) is 19.5. The largest absolute Gasteiger partial charge is 0.497 e. The Balaban J connectivity index is 1.60. The molecule has 1 aliphatic rings. The monoisotopic (exact) mass is 397 g/mol. The number of hydrogen-bond acceptors (Lipinski definition) is 5. The van der Waals surface area contributed by atoms with Crippen molar-refractivity contribution in [2.24, 2.45) is 0 Å². The summed E-state index contributed by atoms with van der Waals surface area (Å²) < 4.78 is 10.8. The summed E-state index contributed by atoms with van der Waals surface area (Å²) in [5.41, 5.74) is 1.41. The van der Waals surface area contributed by atoms with Crippen molar-refractivity contribution in [2.45, 2.75) is 25.3 Å². The molecule has 0 radical (unpaired) electrons. The Kier molecular flexibility index (Phi) is 5.30. The second-order valence-corrected chi connectivity index (χ2v) is 7.14. The third-order valence-corrected chi connectivity index (χ3v) is 5.16. The van der Waals surface area contributed by atoms with E-state index in [1.54, 1.807) is 31.4 Å². The first-order chi connectivity index (χ1) is 13.7. The van der Waals surface area contributed by atoms with Gasteiger partial charge in [0.05, 0.1) is 7.11 Å². The average molecular weight is 398 g/mol. The molecule has 0 unspecified atom stereocenters. The van der Waals surface area contributed by atoms with Gasteiger partial charge in [-0.05, 0) is 55.7 Å². The fraction of sp³-hybridized carbons (Fsp3) is 0.286. The smallest absolute Gasteiger partial charge is 0.254 e. The number of likely N-dealkylation sites (tertiary alicyclic amines) is 1. The number of aromatic nitrogens is 2. The van der Waals surface area contributed by atoms with Crippen LogP contribution >= 0.6 is 11.6 Å². The van der Waals surface area contributed by atoms with Gasteiger partial charge in [-0.15, -0.1) is 0 Å². The Morgan fingerprint density at radius 2 is 2.04 bits per heavy atom. The van der Waals surface area contributed by atoms with Crippen molar-refractivity contribution >= 4 is 17.5 Å². The van der Waals surface area contributed by atoms with E-state index in [1.807, 2.05) is 29.2 Å². The molecule has 3 aromatic rings. The highest BCUT2D eigenvalue weighted by Crippen LogP contribution is 2.33. The fourth-order valence-corrected chi connectivity index (χ4v) is 3.57. The Morgan fingerprint density at radius 3 is 2.82 bits per heavy atom. The molecule has 28 heavy (non-hydrogen) atoms. The van der Waals surface area contributed by atoms with Gasteiger partial charge in [0.1, 0.15) is 11.8 Å². The highest BCUT2D eigenvalue weighted by atomic mass is 35.5. The Hall–Kier alpha value is -2.86. The van der Waals surface area contributed by atoms with Crippen LogP contribution in [0.25, 0.3) is 11.4 Å². The molecule has 0 spiro atoms. The Bertz CT molecular complexity index is 971. The summed E-state index contributed by atoms with van der Waals surface area (Å²) in [6.07, 6.45) is 2.75. The van der Waals surface area contributed by atoms with Crippen LogP contribution in [-0.4, -0.2) is 34.6 Å². The minimum atomic E-state index is -0.233. The number of halogens is 1. The lowest BCUT2D eigenvalue weighted by Crippen LogP contribution is -2.38. The normalized spacial score (nSPS) is 16.8. The quantitative estimate of drug-likeness (QED) is 0.634. The van der Waals surface area contributed by atoms with Gasteiger partial charge in [-0.3, -0.25) is 4.79 Å². The predicted octanol–water partition coefficient (Wildman–Crippen LogP) is 4.77. The van der Waals surface area contributed by atoms with Gasteiger partial charge in [0.15, 0.2) is 0 Å². The van der Waals surface area contributed by atoms with Crippen molar-refractivity contribution in [3.63, 3.8) is 0 Å². The lowest BCUT2D eigenvalue weighted by Gasteiger charge is -2.33. The molecule has 1 saturated heterocycles. The molecule has 2 heterocycles. The predicted molar refractivity (Wildman–Crippen MR) is 105 cm³/mol.